The van der Waals surface area contributed by atoms with Gasteiger partial charge in [0.25, 0.3) is 0 Å². The van der Waals surface area contributed by atoms with Gasteiger partial charge >= 0.3 is 0 Å². The molecule has 0 bridgehead atoms. The summed E-state index contributed by atoms with van der Waals surface area (Å²) in [4.78, 5) is 1.53. The second kappa shape index (κ2) is 2.49. The monoisotopic (exact) mass is 116 g/mol. The van der Waals surface area contributed by atoms with Crippen LogP contribution in [0.4, 0.5) is 0 Å². The molecule has 0 rings (SSSR count). The Bertz CT molecular complexity index is 59.3. The smallest absolute Gasteiger partial charge is 0.0815 e. The maximum Gasteiger partial charge on any atom is 0.0815 e. The summed E-state index contributed by atoms with van der Waals surface area (Å²) in [6.07, 6.45) is 0. The van der Waals surface area contributed by atoms with E-state index in [9.17, 15) is 0 Å². The van der Waals surface area contributed by atoms with Gasteiger partial charge in [-0.05, 0) is 0 Å². The molecule has 0 aliphatic carbocycles. The highest BCUT2D eigenvalue weighted by Crippen LogP contribution is 2.07. The van der Waals surface area contributed by atoms with Gasteiger partial charge in [-0.2, -0.15) is 0 Å². The largest absolute Gasteiger partial charge is 0.339 e. The first-order valence-electron chi connectivity index (χ1n) is 3.21. The first-order chi connectivity index (χ1) is 3.42. The zero-order valence-corrected chi connectivity index (χ0v) is 6.71. The van der Waals surface area contributed by atoms with Crippen molar-refractivity contribution in [3.63, 3.8) is 0 Å². The number of hydrogen-bond acceptors (Lipinski definition) is 0. The fourth-order valence-corrected chi connectivity index (χ4v) is 1.06. The Morgan fingerprint density at radius 2 is 1.50 bits per heavy atom. The molecule has 0 aromatic rings. The van der Waals surface area contributed by atoms with E-state index >= 15 is 0 Å². The molecule has 0 heterocycles. The predicted octanol–water partition coefficient (Wildman–Crippen LogP) is 0.177. The minimum absolute atomic E-state index is 0.485. The molecule has 1 heteroatoms. The van der Waals surface area contributed by atoms with E-state index in [4.69, 9.17) is 0 Å². The molecule has 0 spiro atoms. The average molecular weight is 116 g/mol. The summed E-state index contributed by atoms with van der Waals surface area (Å²) in [5, 5.41) is 0. The molecule has 0 radical (unpaired) electrons. The van der Waals surface area contributed by atoms with Crippen molar-refractivity contribution < 1.29 is 4.90 Å². The SMILES string of the molecule is C[NH+](C)CC(C)(C)C. The van der Waals surface area contributed by atoms with E-state index in [1.807, 2.05) is 0 Å². The predicted molar refractivity (Wildman–Crippen MR) is 37.1 cm³/mol. The third kappa shape index (κ3) is 5.96. The molecule has 0 amide bonds. The third-order valence-electron chi connectivity index (χ3n) is 0.884. The van der Waals surface area contributed by atoms with Crippen molar-refractivity contribution in [3.05, 3.63) is 0 Å². The van der Waals surface area contributed by atoms with Crippen LogP contribution < -0.4 is 4.90 Å². The van der Waals surface area contributed by atoms with Crippen LogP contribution in [0, 0.1) is 5.41 Å². The Morgan fingerprint density at radius 3 is 1.50 bits per heavy atom. The lowest BCUT2D eigenvalue weighted by atomic mass is 9.97. The summed E-state index contributed by atoms with van der Waals surface area (Å²) >= 11 is 0. The van der Waals surface area contributed by atoms with E-state index < -0.39 is 0 Å². The topological polar surface area (TPSA) is 4.44 Å². The van der Waals surface area contributed by atoms with Crippen LogP contribution in [-0.4, -0.2) is 20.6 Å². The summed E-state index contributed by atoms with van der Waals surface area (Å²) in [5.41, 5.74) is 0.485. The summed E-state index contributed by atoms with van der Waals surface area (Å²) in [6, 6.07) is 0. The van der Waals surface area contributed by atoms with E-state index in [1.165, 1.54) is 11.4 Å². The molecule has 0 aliphatic heterocycles. The Labute approximate surface area is 52.7 Å². The van der Waals surface area contributed by atoms with Crippen molar-refractivity contribution in [3.8, 4) is 0 Å². The van der Waals surface area contributed by atoms with Crippen molar-refractivity contribution in [1.29, 1.82) is 0 Å². The van der Waals surface area contributed by atoms with Gasteiger partial charge in [-0.15, -0.1) is 0 Å². The zero-order chi connectivity index (χ0) is 6.78. The highest BCUT2D eigenvalue weighted by Gasteiger charge is 2.12. The van der Waals surface area contributed by atoms with E-state index in [0.717, 1.165) is 0 Å². The molecule has 0 unspecified atom stereocenters. The molecule has 1 nitrogen and oxygen atoms in total. The summed E-state index contributed by atoms with van der Waals surface area (Å²) in [7, 11) is 4.37. The first kappa shape index (κ1) is 7.96. The number of rotatable bonds is 1. The van der Waals surface area contributed by atoms with Gasteiger partial charge in [0, 0.05) is 5.41 Å². The van der Waals surface area contributed by atoms with Gasteiger partial charge in [-0.1, -0.05) is 20.8 Å². The Morgan fingerprint density at radius 1 is 1.12 bits per heavy atom. The lowest BCUT2D eigenvalue weighted by Crippen LogP contribution is -3.07. The molecular formula is C7H18N+. The van der Waals surface area contributed by atoms with Crippen molar-refractivity contribution in [2.75, 3.05) is 20.6 Å². The van der Waals surface area contributed by atoms with Crippen LogP contribution in [0.1, 0.15) is 20.8 Å². The van der Waals surface area contributed by atoms with Crippen LogP contribution >= 0.6 is 0 Å². The third-order valence-corrected chi connectivity index (χ3v) is 0.884. The lowest BCUT2D eigenvalue weighted by Gasteiger charge is -2.19. The van der Waals surface area contributed by atoms with Crippen LogP contribution in [0.3, 0.4) is 0 Å². The number of nitrogens with one attached hydrogen (secondary N) is 1. The molecule has 50 valence electrons. The highest BCUT2D eigenvalue weighted by molar-refractivity contribution is 4.56. The lowest BCUT2D eigenvalue weighted by molar-refractivity contribution is -0.865. The van der Waals surface area contributed by atoms with Gasteiger partial charge < -0.3 is 4.90 Å². The minimum atomic E-state index is 0.485. The molecule has 0 aliphatic rings. The second-order valence-corrected chi connectivity index (χ2v) is 3.94. The standard InChI is InChI=1S/C7H17N/c1-7(2,3)6-8(4)5/h6H2,1-5H3/p+1. The highest BCUT2D eigenvalue weighted by atomic mass is 15.1. The number of quaternary nitrogens is 1. The molecule has 8 heavy (non-hydrogen) atoms. The quantitative estimate of drug-likeness (QED) is 0.498. The van der Waals surface area contributed by atoms with E-state index in [-0.39, 0.29) is 0 Å². The van der Waals surface area contributed by atoms with Gasteiger partial charge in [0.2, 0.25) is 0 Å². The van der Waals surface area contributed by atoms with Crippen molar-refractivity contribution in [2.24, 2.45) is 5.41 Å². The summed E-state index contributed by atoms with van der Waals surface area (Å²) in [5.74, 6) is 0. The first-order valence-corrected chi connectivity index (χ1v) is 3.21. The van der Waals surface area contributed by atoms with Crippen molar-refractivity contribution in [2.45, 2.75) is 20.8 Å². The van der Waals surface area contributed by atoms with Crippen LogP contribution in [-0.2, 0) is 0 Å². The molecule has 0 saturated carbocycles. The average Bonchev–Trinajstić information content (AvgIpc) is 1.21. The molecule has 1 N–H and O–H groups in total. The van der Waals surface area contributed by atoms with Crippen LogP contribution in [0.15, 0.2) is 0 Å². The van der Waals surface area contributed by atoms with Crippen LogP contribution in [0.2, 0.25) is 0 Å². The number of hydrogen-bond donors (Lipinski definition) is 1. The van der Waals surface area contributed by atoms with Crippen LogP contribution in [0.5, 0.6) is 0 Å². The molecule has 0 aromatic heterocycles. The summed E-state index contributed by atoms with van der Waals surface area (Å²) < 4.78 is 0. The minimum Gasteiger partial charge on any atom is -0.339 e. The second-order valence-electron chi connectivity index (χ2n) is 3.94. The van der Waals surface area contributed by atoms with Crippen molar-refractivity contribution >= 4 is 0 Å². The molecular weight excluding hydrogens is 98.1 g/mol. The summed E-state index contributed by atoms with van der Waals surface area (Å²) in [6.45, 7) is 8.03. The Kier molecular flexibility index (Phi) is 2.48. The van der Waals surface area contributed by atoms with E-state index in [0.29, 0.717) is 5.41 Å². The van der Waals surface area contributed by atoms with Gasteiger partial charge in [-0.25, -0.2) is 0 Å². The maximum absolute atomic E-state index is 2.26. The Balaban J connectivity index is 3.39. The van der Waals surface area contributed by atoms with Crippen molar-refractivity contribution in [1.82, 2.24) is 0 Å². The Hall–Kier alpha value is -0.0400. The van der Waals surface area contributed by atoms with Gasteiger partial charge in [0.15, 0.2) is 0 Å². The van der Waals surface area contributed by atoms with Gasteiger partial charge in [-0.3, -0.25) is 0 Å². The van der Waals surface area contributed by atoms with E-state index in [2.05, 4.69) is 34.9 Å². The molecule has 0 fully saturated rings. The fourth-order valence-electron chi connectivity index (χ4n) is 1.06. The van der Waals surface area contributed by atoms with Crippen LogP contribution in [0.25, 0.3) is 0 Å². The normalized spacial score (nSPS) is 12.8. The zero-order valence-electron chi connectivity index (χ0n) is 6.71. The maximum atomic E-state index is 2.26. The van der Waals surface area contributed by atoms with Gasteiger partial charge in [0.1, 0.15) is 0 Å². The molecule has 0 atom stereocenters. The fraction of sp³-hybridized carbons (Fsp3) is 1.00. The van der Waals surface area contributed by atoms with E-state index in [1.54, 1.807) is 0 Å². The molecule has 0 saturated heterocycles. The molecule has 0 aromatic carbocycles. The van der Waals surface area contributed by atoms with Gasteiger partial charge in [0.05, 0.1) is 20.6 Å².